The van der Waals surface area contributed by atoms with Gasteiger partial charge in [0.2, 0.25) is 5.54 Å². The Morgan fingerprint density at radius 3 is 2.71 bits per heavy atom. The number of rotatable bonds is 7. The Balaban J connectivity index is 2.69. The largest absolute Gasteiger partial charge is 0.479 e. The molecule has 0 spiro atoms. The van der Waals surface area contributed by atoms with Gasteiger partial charge in [-0.05, 0) is 45.1 Å². The summed E-state index contributed by atoms with van der Waals surface area (Å²) in [6, 6.07) is 0. The van der Waals surface area contributed by atoms with E-state index in [2.05, 4.69) is 11.8 Å². The minimum Gasteiger partial charge on any atom is -0.479 e. The lowest BCUT2D eigenvalue weighted by Crippen LogP contribution is -2.56. The van der Waals surface area contributed by atoms with Gasteiger partial charge in [-0.25, -0.2) is 9.59 Å². The lowest BCUT2D eigenvalue weighted by molar-refractivity contribution is -0.163. The molecule has 1 unspecified atom stereocenters. The van der Waals surface area contributed by atoms with Crippen LogP contribution in [0.5, 0.6) is 0 Å². The average molecular weight is 296 g/mol. The summed E-state index contributed by atoms with van der Waals surface area (Å²) in [6.45, 7) is 0.429. The molecule has 118 valence electrons. The molecule has 0 amide bonds. The van der Waals surface area contributed by atoms with E-state index in [0.717, 1.165) is 25.7 Å². The van der Waals surface area contributed by atoms with Crippen molar-refractivity contribution >= 4 is 11.9 Å². The van der Waals surface area contributed by atoms with Crippen molar-refractivity contribution in [1.29, 1.82) is 0 Å². The Morgan fingerprint density at radius 2 is 2.05 bits per heavy atom. The maximum Gasteiger partial charge on any atom is 0.339 e. The monoisotopic (exact) mass is 296 g/mol. The second-order valence-corrected chi connectivity index (χ2v) is 5.34. The van der Waals surface area contributed by atoms with Crippen molar-refractivity contribution in [1.82, 2.24) is 0 Å². The SMILES string of the molecule is NCCCC[C@](N)(C(=O)O)C(=O)OC1C#CCCCCC1. The zero-order valence-corrected chi connectivity index (χ0v) is 12.3. The van der Waals surface area contributed by atoms with Crippen molar-refractivity contribution in [2.75, 3.05) is 6.54 Å². The van der Waals surface area contributed by atoms with E-state index in [0.29, 0.717) is 25.8 Å². The number of aliphatic carboxylic acids is 1. The molecule has 0 aromatic carbocycles. The third-order valence-electron chi connectivity index (χ3n) is 3.55. The Kier molecular flexibility index (Phi) is 7.20. The zero-order chi connectivity index (χ0) is 15.7. The predicted molar refractivity (Wildman–Crippen MR) is 78.2 cm³/mol. The van der Waals surface area contributed by atoms with Gasteiger partial charge in [0.1, 0.15) is 0 Å². The Morgan fingerprint density at radius 1 is 1.29 bits per heavy atom. The molecule has 1 rings (SSSR count). The Hall–Kier alpha value is -1.58. The van der Waals surface area contributed by atoms with Gasteiger partial charge in [0, 0.05) is 6.42 Å². The third kappa shape index (κ3) is 5.37. The first kappa shape index (κ1) is 17.5. The zero-order valence-electron chi connectivity index (χ0n) is 12.3. The number of unbranched alkanes of at least 4 members (excludes halogenated alkanes) is 1. The van der Waals surface area contributed by atoms with Gasteiger partial charge in [-0.3, -0.25) is 0 Å². The molecule has 1 aliphatic carbocycles. The highest BCUT2D eigenvalue weighted by molar-refractivity contribution is 6.03. The molecule has 0 aromatic heterocycles. The number of ether oxygens (including phenoxy) is 1. The summed E-state index contributed by atoms with van der Waals surface area (Å²) in [7, 11) is 0. The number of nitrogens with two attached hydrogens (primary N) is 2. The van der Waals surface area contributed by atoms with Crippen molar-refractivity contribution in [3.8, 4) is 11.8 Å². The number of esters is 1. The lowest BCUT2D eigenvalue weighted by atomic mass is 9.93. The van der Waals surface area contributed by atoms with Gasteiger partial charge in [0.05, 0.1) is 0 Å². The van der Waals surface area contributed by atoms with Crippen molar-refractivity contribution in [3.63, 3.8) is 0 Å². The van der Waals surface area contributed by atoms with Gasteiger partial charge in [0.25, 0.3) is 0 Å². The number of carbonyl (C=O) groups is 2. The molecule has 6 heteroatoms. The average Bonchev–Trinajstić information content (AvgIpc) is 2.41. The van der Waals surface area contributed by atoms with Crippen LogP contribution in [0.3, 0.4) is 0 Å². The molecule has 0 saturated carbocycles. The van der Waals surface area contributed by atoms with E-state index < -0.39 is 23.6 Å². The van der Waals surface area contributed by atoms with Crippen molar-refractivity contribution in [2.45, 2.75) is 63.0 Å². The molecule has 0 heterocycles. The second kappa shape index (κ2) is 8.65. The molecule has 0 saturated heterocycles. The summed E-state index contributed by atoms with van der Waals surface area (Å²) < 4.78 is 5.23. The smallest absolute Gasteiger partial charge is 0.339 e. The summed E-state index contributed by atoms with van der Waals surface area (Å²) in [5.41, 5.74) is 9.10. The Labute approximate surface area is 125 Å². The van der Waals surface area contributed by atoms with Gasteiger partial charge in [-0.2, -0.15) is 0 Å². The van der Waals surface area contributed by atoms with Gasteiger partial charge in [-0.1, -0.05) is 18.3 Å². The van der Waals surface area contributed by atoms with E-state index in [1.807, 2.05) is 0 Å². The van der Waals surface area contributed by atoms with E-state index in [1.165, 1.54) is 0 Å². The van der Waals surface area contributed by atoms with Gasteiger partial charge in [0.15, 0.2) is 6.10 Å². The molecule has 21 heavy (non-hydrogen) atoms. The van der Waals surface area contributed by atoms with Crippen LogP contribution in [0.1, 0.15) is 51.4 Å². The van der Waals surface area contributed by atoms with E-state index in [1.54, 1.807) is 0 Å². The molecular weight excluding hydrogens is 272 g/mol. The van der Waals surface area contributed by atoms with E-state index in [4.69, 9.17) is 16.2 Å². The number of carboxylic acids is 1. The fourth-order valence-electron chi connectivity index (χ4n) is 2.15. The first-order valence-corrected chi connectivity index (χ1v) is 7.42. The second-order valence-electron chi connectivity index (χ2n) is 5.34. The van der Waals surface area contributed by atoms with Crippen LogP contribution in [0, 0.1) is 11.8 Å². The summed E-state index contributed by atoms with van der Waals surface area (Å²) in [5, 5.41) is 9.24. The number of carbonyl (C=O) groups excluding carboxylic acids is 1. The highest BCUT2D eigenvalue weighted by Gasteiger charge is 2.44. The molecule has 0 aromatic rings. The fourth-order valence-corrected chi connectivity index (χ4v) is 2.15. The van der Waals surface area contributed by atoms with Crippen LogP contribution in [0.4, 0.5) is 0 Å². The van der Waals surface area contributed by atoms with Crippen LogP contribution in [-0.2, 0) is 14.3 Å². The van der Waals surface area contributed by atoms with Crippen LogP contribution >= 0.6 is 0 Å². The van der Waals surface area contributed by atoms with Crippen LogP contribution in [0.15, 0.2) is 0 Å². The fraction of sp³-hybridized carbons (Fsp3) is 0.733. The molecule has 6 nitrogen and oxygen atoms in total. The van der Waals surface area contributed by atoms with Crippen molar-refractivity contribution in [2.24, 2.45) is 11.5 Å². The molecule has 1 aliphatic rings. The molecule has 5 N–H and O–H groups in total. The molecular formula is C15H24N2O4. The number of hydrogen-bond acceptors (Lipinski definition) is 5. The summed E-state index contributed by atoms with van der Waals surface area (Å²) in [5.74, 6) is 3.53. The van der Waals surface area contributed by atoms with Gasteiger partial charge < -0.3 is 21.3 Å². The van der Waals surface area contributed by atoms with Crippen molar-refractivity contribution < 1.29 is 19.4 Å². The van der Waals surface area contributed by atoms with Crippen LogP contribution < -0.4 is 11.5 Å². The quantitative estimate of drug-likeness (QED) is 0.277. The molecule has 0 aliphatic heterocycles. The van der Waals surface area contributed by atoms with Gasteiger partial charge >= 0.3 is 11.9 Å². The van der Waals surface area contributed by atoms with Crippen LogP contribution in [-0.4, -0.2) is 35.2 Å². The predicted octanol–water partition coefficient (Wildman–Crippen LogP) is 0.777. The third-order valence-corrected chi connectivity index (χ3v) is 3.55. The first-order valence-electron chi connectivity index (χ1n) is 7.42. The molecule has 2 atom stereocenters. The summed E-state index contributed by atoms with van der Waals surface area (Å²) in [4.78, 5) is 23.5. The molecule has 0 radical (unpaired) electrons. The van der Waals surface area contributed by atoms with Crippen molar-refractivity contribution in [3.05, 3.63) is 0 Å². The maximum atomic E-state index is 12.1. The summed E-state index contributed by atoms with van der Waals surface area (Å²) in [6.07, 6.45) is 4.91. The van der Waals surface area contributed by atoms with Crippen LogP contribution in [0.25, 0.3) is 0 Å². The first-order chi connectivity index (χ1) is 10.0. The standard InChI is InChI=1S/C15H24N2O4/c16-11-7-6-10-15(17,13(18)19)14(20)21-12-8-4-2-1-3-5-9-12/h12H,1-4,6-8,10-11,16-17H2,(H,18,19)/t12?,15-/m0/s1. The normalized spacial score (nSPS) is 21.1. The minimum absolute atomic E-state index is 0.0124. The summed E-state index contributed by atoms with van der Waals surface area (Å²) >= 11 is 0. The highest BCUT2D eigenvalue weighted by atomic mass is 16.5. The van der Waals surface area contributed by atoms with E-state index in [-0.39, 0.29) is 6.42 Å². The minimum atomic E-state index is -2.01. The Bertz CT molecular complexity index is 427. The topological polar surface area (TPSA) is 116 Å². The lowest BCUT2D eigenvalue weighted by Gasteiger charge is -2.24. The molecule has 0 fully saturated rings. The van der Waals surface area contributed by atoms with E-state index >= 15 is 0 Å². The number of hydrogen-bond donors (Lipinski definition) is 3. The van der Waals surface area contributed by atoms with Crippen LogP contribution in [0.2, 0.25) is 0 Å². The van der Waals surface area contributed by atoms with Gasteiger partial charge in [-0.15, -0.1) is 0 Å². The highest BCUT2D eigenvalue weighted by Crippen LogP contribution is 2.18. The maximum absolute atomic E-state index is 12.1. The van der Waals surface area contributed by atoms with E-state index in [9.17, 15) is 14.7 Å². The molecule has 0 bridgehead atoms. The number of carboxylic acid groups (broad SMARTS) is 1.